The monoisotopic (exact) mass is 324 g/mol. The molecule has 0 saturated heterocycles. The van der Waals surface area contributed by atoms with E-state index in [0.717, 1.165) is 35.8 Å². The highest BCUT2D eigenvalue weighted by molar-refractivity contribution is 5.89. The Bertz CT molecular complexity index is 1010. The molecule has 5 rings (SSSR count). The Balaban J connectivity index is 1.84. The van der Waals surface area contributed by atoms with E-state index in [1.54, 1.807) is 12.1 Å². The van der Waals surface area contributed by atoms with Gasteiger partial charge < -0.3 is 4.42 Å². The molecule has 2 heterocycles. The van der Waals surface area contributed by atoms with E-state index in [2.05, 4.69) is 4.98 Å². The number of para-hydroxylation sites is 1. The summed E-state index contributed by atoms with van der Waals surface area (Å²) in [4.78, 5) is 14.8. The Hall–Kier alpha value is -2.76. The van der Waals surface area contributed by atoms with Crippen molar-refractivity contribution in [3.05, 3.63) is 57.4 Å². The van der Waals surface area contributed by atoms with Gasteiger partial charge in [0.1, 0.15) is 22.0 Å². The summed E-state index contributed by atoms with van der Waals surface area (Å²) in [7, 11) is 0. The van der Waals surface area contributed by atoms with Crippen molar-refractivity contribution in [2.24, 2.45) is 0 Å². The van der Waals surface area contributed by atoms with Crippen LogP contribution < -0.4 is 0 Å². The first kappa shape index (κ1) is 13.7. The summed E-state index contributed by atoms with van der Waals surface area (Å²) in [6.45, 7) is 0. The van der Waals surface area contributed by atoms with Crippen molar-refractivity contribution in [2.45, 2.75) is 31.1 Å². The van der Waals surface area contributed by atoms with Crippen LogP contribution in [-0.2, 0) is 0 Å². The second-order valence-corrected chi connectivity index (χ2v) is 6.53. The third-order valence-corrected chi connectivity index (χ3v) is 5.30. The highest BCUT2D eigenvalue weighted by atomic mass is 19.1. The third kappa shape index (κ3) is 1.71. The molecule has 0 N–H and O–H groups in total. The zero-order valence-corrected chi connectivity index (χ0v) is 12.7. The van der Waals surface area contributed by atoms with Crippen molar-refractivity contribution in [1.82, 2.24) is 4.98 Å². The first-order valence-corrected chi connectivity index (χ1v) is 8.00. The van der Waals surface area contributed by atoms with Gasteiger partial charge in [0.05, 0.1) is 6.07 Å². The largest absolute Gasteiger partial charge is 0.433 e. The van der Waals surface area contributed by atoms with E-state index in [1.807, 2.05) is 6.07 Å². The van der Waals surface area contributed by atoms with Gasteiger partial charge in [0.15, 0.2) is 5.76 Å². The fraction of sp³-hybridized carbons (Fsp3) is 0.278. The number of aromatic nitrogens is 1. The average Bonchev–Trinajstić information content (AvgIpc) is 3.30. The fourth-order valence-corrected chi connectivity index (χ4v) is 4.39. The maximum absolute atomic E-state index is 14.3. The number of pyridine rings is 1. The molecule has 2 bridgehead atoms. The number of nitro groups is 1. The molecule has 1 saturated carbocycles. The van der Waals surface area contributed by atoms with Gasteiger partial charge in [0.2, 0.25) is 0 Å². The SMILES string of the molecule is O=[N+]([O-])c1ccc(-c2nc3c(F)cccc3c3c2C2CCC3C2)o1. The van der Waals surface area contributed by atoms with E-state index in [-0.39, 0.29) is 11.7 Å². The van der Waals surface area contributed by atoms with Gasteiger partial charge >= 0.3 is 5.88 Å². The van der Waals surface area contributed by atoms with Crippen molar-refractivity contribution in [2.75, 3.05) is 0 Å². The normalized spacial score (nSPS) is 21.4. The van der Waals surface area contributed by atoms with E-state index >= 15 is 0 Å². The molecule has 2 aromatic heterocycles. The molecular weight excluding hydrogens is 311 g/mol. The standard InChI is InChI=1S/C18H13FN2O3/c19-12-3-1-2-11-15-9-4-5-10(8-9)16(15)18(20-17(11)12)13-6-7-14(24-13)21(22)23/h1-3,6-7,9-10H,4-5,8H2. The molecule has 2 aliphatic carbocycles. The maximum Gasteiger partial charge on any atom is 0.433 e. The predicted molar refractivity (Wildman–Crippen MR) is 85.4 cm³/mol. The number of halogens is 1. The lowest BCUT2D eigenvalue weighted by atomic mass is 9.87. The summed E-state index contributed by atoms with van der Waals surface area (Å²) >= 11 is 0. The molecule has 1 fully saturated rings. The van der Waals surface area contributed by atoms with Gasteiger partial charge in [-0.15, -0.1) is 0 Å². The fourth-order valence-electron chi connectivity index (χ4n) is 4.39. The van der Waals surface area contributed by atoms with Gasteiger partial charge in [-0.05, 0) is 54.4 Å². The lowest BCUT2D eigenvalue weighted by molar-refractivity contribution is -0.401. The first-order chi connectivity index (χ1) is 11.6. The number of furan rings is 1. The quantitative estimate of drug-likeness (QED) is 0.496. The van der Waals surface area contributed by atoms with E-state index < -0.39 is 4.92 Å². The topological polar surface area (TPSA) is 69.2 Å². The van der Waals surface area contributed by atoms with Crippen molar-refractivity contribution >= 4 is 16.8 Å². The van der Waals surface area contributed by atoms with Crippen LogP contribution in [0.25, 0.3) is 22.4 Å². The lowest BCUT2D eigenvalue weighted by Crippen LogP contribution is -2.04. The summed E-state index contributed by atoms with van der Waals surface area (Å²) in [6.07, 6.45) is 3.23. The molecule has 0 radical (unpaired) electrons. The second-order valence-electron chi connectivity index (χ2n) is 6.53. The van der Waals surface area contributed by atoms with Gasteiger partial charge in [-0.1, -0.05) is 12.1 Å². The van der Waals surface area contributed by atoms with Crippen LogP contribution in [0.3, 0.4) is 0 Å². The van der Waals surface area contributed by atoms with Crippen molar-refractivity contribution in [1.29, 1.82) is 0 Å². The molecule has 0 aliphatic heterocycles. The molecule has 0 spiro atoms. The zero-order valence-electron chi connectivity index (χ0n) is 12.7. The van der Waals surface area contributed by atoms with E-state index in [1.165, 1.54) is 12.1 Å². The van der Waals surface area contributed by atoms with Crippen LogP contribution in [0, 0.1) is 15.9 Å². The zero-order chi connectivity index (χ0) is 16.4. The summed E-state index contributed by atoms with van der Waals surface area (Å²) < 4.78 is 19.7. The molecule has 24 heavy (non-hydrogen) atoms. The van der Waals surface area contributed by atoms with Crippen LogP contribution in [0.5, 0.6) is 0 Å². The number of nitrogens with zero attached hydrogens (tertiary/aromatic N) is 2. The summed E-state index contributed by atoms with van der Waals surface area (Å²) in [6, 6.07) is 7.90. The molecule has 120 valence electrons. The summed E-state index contributed by atoms with van der Waals surface area (Å²) in [5, 5.41) is 11.8. The van der Waals surface area contributed by atoms with Crippen LogP contribution in [0.4, 0.5) is 10.3 Å². The minimum absolute atomic E-state index is 0.317. The Labute approximate surface area is 136 Å². The number of fused-ring (bicyclic) bond motifs is 7. The summed E-state index contributed by atoms with van der Waals surface area (Å²) in [5.74, 6) is 0.443. The Morgan fingerprint density at radius 1 is 1.17 bits per heavy atom. The molecule has 2 atom stereocenters. The number of hydrogen-bond acceptors (Lipinski definition) is 4. The van der Waals surface area contributed by atoms with Crippen molar-refractivity contribution < 1.29 is 13.7 Å². The molecule has 6 heteroatoms. The third-order valence-electron chi connectivity index (χ3n) is 5.30. The minimum atomic E-state index is -0.572. The molecule has 2 unspecified atom stereocenters. The minimum Gasteiger partial charge on any atom is -0.399 e. The predicted octanol–water partition coefficient (Wildman–Crippen LogP) is 4.91. The summed E-state index contributed by atoms with van der Waals surface area (Å²) in [5.41, 5.74) is 3.12. The van der Waals surface area contributed by atoms with Crippen molar-refractivity contribution in [3.8, 4) is 11.5 Å². The molecule has 5 nitrogen and oxygen atoms in total. The second kappa shape index (κ2) is 4.63. The van der Waals surface area contributed by atoms with Crippen LogP contribution in [0.15, 0.2) is 34.7 Å². The lowest BCUT2D eigenvalue weighted by Gasteiger charge is -2.20. The van der Waals surface area contributed by atoms with Crippen LogP contribution in [0.2, 0.25) is 0 Å². The van der Waals surface area contributed by atoms with E-state index in [0.29, 0.717) is 28.8 Å². The number of rotatable bonds is 2. The highest BCUT2D eigenvalue weighted by Gasteiger charge is 2.41. The molecule has 0 amide bonds. The first-order valence-electron chi connectivity index (χ1n) is 8.00. The molecule has 3 aromatic rings. The van der Waals surface area contributed by atoms with Gasteiger partial charge in [0.25, 0.3) is 0 Å². The number of hydrogen-bond donors (Lipinski definition) is 0. The van der Waals surface area contributed by atoms with Gasteiger partial charge in [0, 0.05) is 5.39 Å². The maximum atomic E-state index is 14.3. The number of benzene rings is 1. The van der Waals surface area contributed by atoms with Crippen LogP contribution in [-0.4, -0.2) is 9.91 Å². The highest BCUT2D eigenvalue weighted by Crippen LogP contribution is 2.57. The van der Waals surface area contributed by atoms with Gasteiger partial charge in [-0.2, -0.15) is 0 Å². The van der Waals surface area contributed by atoms with Crippen molar-refractivity contribution in [3.63, 3.8) is 0 Å². The van der Waals surface area contributed by atoms with Crippen LogP contribution in [0.1, 0.15) is 42.2 Å². The molecule has 2 aliphatic rings. The Morgan fingerprint density at radius 3 is 2.71 bits per heavy atom. The van der Waals surface area contributed by atoms with E-state index in [4.69, 9.17) is 4.42 Å². The van der Waals surface area contributed by atoms with E-state index in [9.17, 15) is 14.5 Å². The molecular formula is C18H13FN2O3. The molecule has 1 aromatic carbocycles. The Kier molecular flexibility index (Phi) is 2.63. The van der Waals surface area contributed by atoms with Crippen LogP contribution >= 0.6 is 0 Å². The average molecular weight is 324 g/mol. The smallest absolute Gasteiger partial charge is 0.399 e. The van der Waals surface area contributed by atoms with Gasteiger partial charge in [-0.25, -0.2) is 9.37 Å². The Morgan fingerprint density at radius 2 is 1.96 bits per heavy atom. The van der Waals surface area contributed by atoms with Gasteiger partial charge in [-0.3, -0.25) is 10.1 Å².